The molecule has 164 valence electrons. The maximum Gasteiger partial charge on any atom is 0.335 e. The van der Waals surface area contributed by atoms with Crippen LogP contribution >= 0.6 is 0 Å². The first kappa shape index (κ1) is 21.6. The summed E-state index contributed by atoms with van der Waals surface area (Å²) < 4.78 is 0. The lowest BCUT2D eigenvalue weighted by molar-refractivity contribution is 0.0377. The Bertz CT molecular complexity index is 1110. The number of rotatable bonds is 8. The van der Waals surface area contributed by atoms with Crippen molar-refractivity contribution in [1.29, 1.82) is 0 Å². The quantitative estimate of drug-likeness (QED) is 0.460. The summed E-state index contributed by atoms with van der Waals surface area (Å²) in [5.74, 6) is 0.396. The predicted octanol–water partition coefficient (Wildman–Crippen LogP) is 5.18. The van der Waals surface area contributed by atoms with Crippen molar-refractivity contribution in [2.24, 2.45) is 10.9 Å². The zero-order valence-corrected chi connectivity index (χ0v) is 18.2. The van der Waals surface area contributed by atoms with Gasteiger partial charge in [-0.2, -0.15) is 0 Å². The van der Waals surface area contributed by atoms with Gasteiger partial charge in [-0.25, -0.2) is 20.1 Å². The Morgan fingerprint density at radius 3 is 2.47 bits per heavy atom. The number of aliphatic imine (C=N–C) groups is 1. The molecule has 6 heteroatoms. The zero-order chi connectivity index (χ0) is 22.5. The van der Waals surface area contributed by atoms with Crippen molar-refractivity contribution in [2.75, 3.05) is 5.32 Å². The summed E-state index contributed by atoms with van der Waals surface area (Å²) in [6.07, 6.45) is 0.700. The fourth-order valence-corrected chi connectivity index (χ4v) is 3.59. The molecule has 1 aliphatic heterocycles. The highest BCUT2D eigenvalue weighted by Gasteiger charge is 2.20. The molecule has 32 heavy (non-hydrogen) atoms. The molecule has 0 aliphatic carbocycles. The van der Waals surface area contributed by atoms with E-state index in [2.05, 4.69) is 53.9 Å². The second-order valence-electron chi connectivity index (χ2n) is 8.33. The van der Waals surface area contributed by atoms with Gasteiger partial charge in [0, 0.05) is 23.4 Å². The van der Waals surface area contributed by atoms with Crippen LogP contribution in [0.3, 0.4) is 0 Å². The number of carboxylic acids is 1. The number of carboxylic acid groups (broad SMARTS) is 1. The van der Waals surface area contributed by atoms with Crippen LogP contribution in [-0.4, -0.2) is 16.9 Å². The zero-order valence-electron chi connectivity index (χ0n) is 18.2. The van der Waals surface area contributed by atoms with Gasteiger partial charge >= 0.3 is 5.97 Å². The molecule has 0 aromatic heterocycles. The minimum atomic E-state index is -0.935. The average molecular weight is 430 g/mol. The first-order valence-corrected chi connectivity index (χ1v) is 10.7. The molecule has 3 N–H and O–H groups in total. The molecule has 1 aliphatic rings. The molecular weight excluding hydrogens is 402 g/mol. The molecular formula is C26H27N3O3. The molecule has 1 heterocycles. The second-order valence-corrected chi connectivity index (χ2v) is 8.33. The van der Waals surface area contributed by atoms with E-state index in [0.717, 1.165) is 28.8 Å². The second kappa shape index (κ2) is 9.66. The van der Waals surface area contributed by atoms with Gasteiger partial charge in [-0.15, -0.1) is 0 Å². The van der Waals surface area contributed by atoms with E-state index in [9.17, 15) is 4.79 Å². The van der Waals surface area contributed by atoms with E-state index in [1.165, 1.54) is 5.56 Å². The monoisotopic (exact) mass is 429 g/mol. The van der Waals surface area contributed by atoms with Gasteiger partial charge in [-0.1, -0.05) is 68.4 Å². The van der Waals surface area contributed by atoms with Crippen molar-refractivity contribution in [1.82, 2.24) is 5.48 Å². The molecule has 0 saturated heterocycles. The topological polar surface area (TPSA) is 83.0 Å². The van der Waals surface area contributed by atoms with E-state index < -0.39 is 5.97 Å². The van der Waals surface area contributed by atoms with Crippen LogP contribution in [0.5, 0.6) is 0 Å². The minimum absolute atomic E-state index is 0.264. The van der Waals surface area contributed by atoms with Crippen molar-refractivity contribution >= 4 is 17.5 Å². The molecule has 0 amide bonds. The summed E-state index contributed by atoms with van der Waals surface area (Å²) in [7, 11) is 0. The van der Waals surface area contributed by atoms with Crippen LogP contribution in [0.15, 0.2) is 77.8 Å². The van der Waals surface area contributed by atoms with E-state index in [1.54, 1.807) is 18.2 Å². The molecule has 0 saturated carbocycles. The fraction of sp³-hybridized carbons (Fsp3) is 0.231. The normalized spacial score (nSPS) is 15.3. The van der Waals surface area contributed by atoms with Gasteiger partial charge in [-0.05, 0) is 41.7 Å². The Balaban J connectivity index is 1.37. The number of hydroxylamine groups is 1. The molecule has 0 spiro atoms. The van der Waals surface area contributed by atoms with E-state index in [4.69, 9.17) is 9.94 Å². The van der Waals surface area contributed by atoms with Gasteiger partial charge in [0.25, 0.3) is 0 Å². The number of hydrogen-bond acceptors (Lipinski definition) is 5. The largest absolute Gasteiger partial charge is 0.478 e. The van der Waals surface area contributed by atoms with Crippen LogP contribution < -0.4 is 10.8 Å². The van der Waals surface area contributed by atoms with Gasteiger partial charge in [-0.3, -0.25) is 0 Å². The van der Waals surface area contributed by atoms with Gasteiger partial charge in [0.2, 0.25) is 6.23 Å². The molecule has 4 rings (SSSR count). The van der Waals surface area contributed by atoms with Gasteiger partial charge in [0.05, 0.1) is 5.56 Å². The maximum atomic E-state index is 11.1. The number of aromatic carboxylic acids is 1. The molecule has 1 atom stereocenters. The average Bonchev–Trinajstić information content (AvgIpc) is 3.29. The first-order valence-electron chi connectivity index (χ1n) is 10.7. The van der Waals surface area contributed by atoms with Crippen molar-refractivity contribution in [3.05, 3.63) is 101 Å². The Morgan fingerprint density at radius 2 is 1.78 bits per heavy atom. The van der Waals surface area contributed by atoms with Crippen molar-refractivity contribution < 1.29 is 14.7 Å². The van der Waals surface area contributed by atoms with Crippen LogP contribution in [0.4, 0.5) is 5.69 Å². The summed E-state index contributed by atoms with van der Waals surface area (Å²) in [6.45, 7) is 5.02. The first-order chi connectivity index (χ1) is 15.5. The number of hydrogen-bond donors (Lipinski definition) is 3. The number of anilines is 1. The predicted molar refractivity (Wildman–Crippen MR) is 126 cm³/mol. The van der Waals surface area contributed by atoms with Gasteiger partial charge in [0.15, 0.2) is 5.84 Å². The summed E-state index contributed by atoms with van der Waals surface area (Å²) in [4.78, 5) is 21.5. The number of nitrogens with one attached hydrogen (secondary N) is 2. The van der Waals surface area contributed by atoms with Crippen molar-refractivity contribution in [3.63, 3.8) is 0 Å². The van der Waals surface area contributed by atoms with E-state index in [1.807, 2.05) is 30.3 Å². The number of carbonyl (C=O) groups is 1. The maximum absolute atomic E-state index is 11.1. The Hall–Kier alpha value is -3.64. The van der Waals surface area contributed by atoms with Crippen LogP contribution in [0.1, 0.15) is 52.7 Å². The molecule has 0 radical (unpaired) electrons. The molecule has 6 nitrogen and oxygen atoms in total. The third-order valence-corrected chi connectivity index (χ3v) is 5.26. The van der Waals surface area contributed by atoms with Crippen LogP contribution in [0.25, 0.3) is 0 Å². The highest BCUT2D eigenvalue weighted by Crippen LogP contribution is 2.24. The molecule has 0 fully saturated rings. The standard InChI is InChI=1S/C26H27N3O3/c1-17(2)14-18-6-12-21(13-7-18)25-28-24(29-32-25)20-10-8-19(9-11-20)16-27-23-5-3-4-22(15-23)26(30)31/h3-13,15,17,25,27H,14,16H2,1-2H3,(H,28,29)(H,30,31). The lowest BCUT2D eigenvalue weighted by atomic mass is 10.0. The Labute approximate surface area is 187 Å². The van der Waals surface area contributed by atoms with Gasteiger partial charge < -0.3 is 10.4 Å². The SMILES string of the molecule is CC(C)Cc1ccc(C2N=C(c3ccc(CNc4cccc(C(=O)O)c4)cc3)NO2)cc1. The molecule has 0 bridgehead atoms. The van der Waals surface area contributed by atoms with Crippen LogP contribution in [-0.2, 0) is 17.8 Å². The third-order valence-electron chi connectivity index (χ3n) is 5.26. The highest BCUT2D eigenvalue weighted by atomic mass is 16.7. The molecule has 3 aromatic carbocycles. The van der Waals surface area contributed by atoms with Crippen molar-refractivity contribution in [3.8, 4) is 0 Å². The van der Waals surface area contributed by atoms with Gasteiger partial charge in [0.1, 0.15) is 0 Å². The smallest absolute Gasteiger partial charge is 0.335 e. The van der Waals surface area contributed by atoms with E-state index in [0.29, 0.717) is 18.3 Å². The molecule has 1 unspecified atom stereocenters. The van der Waals surface area contributed by atoms with Crippen LogP contribution in [0, 0.1) is 5.92 Å². The summed E-state index contributed by atoms with van der Waals surface area (Å²) in [5.41, 5.74) is 8.33. The number of benzene rings is 3. The number of amidine groups is 1. The summed E-state index contributed by atoms with van der Waals surface area (Å²) in [5, 5.41) is 12.4. The lowest BCUT2D eigenvalue weighted by Gasteiger charge is -2.09. The number of nitrogens with zero attached hydrogens (tertiary/aromatic N) is 1. The fourth-order valence-electron chi connectivity index (χ4n) is 3.59. The van der Waals surface area contributed by atoms with E-state index >= 15 is 0 Å². The minimum Gasteiger partial charge on any atom is -0.478 e. The van der Waals surface area contributed by atoms with Crippen molar-refractivity contribution in [2.45, 2.75) is 33.0 Å². The van der Waals surface area contributed by atoms with E-state index in [-0.39, 0.29) is 11.8 Å². The Kier molecular flexibility index (Phi) is 6.52. The lowest BCUT2D eigenvalue weighted by Crippen LogP contribution is -2.18. The Morgan fingerprint density at radius 1 is 1.06 bits per heavy atom. The molecule has 3 aromatic rings. The summed E-state index contributed by atoms with van der Waals surface area (Å²) >= 11 is 0. The van der Waals surface area contributed by atoms with Crippen LogP contribution in [0.2, 0.25) is 0 Å². The summed E-state index contributed by atoms with van der Waals surface area (Å²) in [6, 6.07) is 23.2. The highest BCUT2D eigenvalue weighted by molar-refractivity contribution is 5.98. The third kappa shape index (κ3) is 5.34.